The van der Waals surface area contributed by atoms with Gasteiger partial charge in [-0.25, -0.2) is 0 Å². The lowest BCUT2D eigenvalue weighted by Gasteiger charge is -2.18. The first-order chi connectivity index (χ1) is 11.6. The van der Waals surface area contributed by atoms with Crippen LogP contribution in [-0.2, 0) is 0 Å². The number of aliphatic hydroxyl groups is 1. The SMILES string of the molecule is CN(CCO)c1ccc(NC(=O)c2cc3ccc(Cl)cc3[nH]2)cc1. The molecule has 0 spiro atoms. The summed E-state index contributed by atoms with van der Waals surface area (Å²) < 4.78 is 0. The van der Waals surface area contributed by atoms with E-state index in [0.717, 1.165) is 16.6 Å². The average Bonchev–Trinajstić information content (AvgIpc) is 2.99. The summed E-state index contributed by atoms with van der Waals surface area (Å²) in [5.41, 5.74) is 2.99. The zero-order valence-corrected chi connectivity index (χ0v) is 14.0. The van der Waals surface area contributed by atoms with Crippen molar-refractivity contribution in [1.82, 2.24) is 4.98 Å². The van der Waals surface area contributed by atoms with Gasteiger partial charge in [-0.05, 0) is 42.5 Å². The Labute approximate surface area is 144 Å². The fraction of sp³-hybridized carbons (Fsp3) is 0.167. The first kappa shape index (κ1) is 16.4. The molecule has 1 aromatic heterocycles. The van der Waals surface area contributed by atoms with Gasteiger partial charge in [0.15, 0.2) is 0 Å². The minimum absolute atomic E-state index is 0.0966. The number of hydrogen-bond donors (Lipinski definition) is 3. The molecule has 6 heteroatoms. The monoisotopic (exact) mass is 343 g/mol. The highest BCUT2D eigenvalue weighted by molar-refractivity contribution is 6.31. The van der Waals surface area contributed by atoms with Crippen LogP contribution < -0.4 is 10.2 Å². The molecule has 0 aliphatic carbocycles. The molecule has 0 radical (unpaired) electrons. The van der Waals surface area contributed by atoms with Crippen LogP contribution in [0.1, 0.15) is 10.5 Å². The van der Waals surface area contributed by atoms with E-state index in [9.17, 15) is 4.79 Å². The van der Waals surface area contributed by atoms with Gasteiger partial charge in [0.1, 0.15) is 5.69 Å². The molecule has 3 aromatic rings. The summed E-state index contributed by atoms with van der Waals surface area (Å²) in [5.74, 6) is -0.209. The number of amides is 1. The Balaban J connectivity index is 1.73. The topological polar surface area (TPSA) is 68.4 Å². The molecule has 0 saturated heterocycles. The second-order valence-electron chi connectivity index (χ2n) is 5.56. The van der Waals surface area contributed by atoms with E-state index in [4.69, 9.17) is 16.7 Å². The minimum Gasteiger partial charge on any atom is -0.395 e. The van der Waals surface area contributed by atoms with Gasteiger partial charge in [0, 0.05) is 40.9 Å². The van der Waals surface area contributed by atoms with Crippen LogP contribution in [0, 0.1) is 0 Å². The summed E-state index contributed by atoms with van der Waals surface area (Å²) in [7, 11) is 1.90. The summed E-state index contributed by atoms with van der Waals surface area (Å²) in [6.07, 6.45) is 0. The van der Waals surface area contributed by atoms with Crippen LogP contribution in [0.3, 0.4) is 0 Å². The molecule has 0 bridgehead atoms. The van der Waals surface area contributed by atoms with Gasteiger partial charge in [0.25, 0.3) is 5.91 Å². The number of nitrogens with one attached hydrogen (secondary N) is 2. The molecular formula is C18H18ClN3O2. The third kappa shape index (κ3) is 3.53. The van der Waals surface area contributed by atoms with Gasteiger partial charge in [-0.1, -0.05) is 17.7 Å². The van der Waals surface area contributed by atoms with Gasteiger partial charge >= 0.3 is 0 Å². The molecule has 3 N–H and O–H groups in total. The lowest BCUT2D eigenvalue weighted by Crippen LogP contribution is -2.21. The van der Waals surface area contributed by atoms with Crippen LogP contribution in [0.4, 0.5) is 11.4 Å². The second kappa shape index (κ2) is 6.95. The number of fused-ring (bicyclic) bond motifs is 1. The summed E-state index contributed by atoms with van der Waals surface area (Å²) in [6.45, 7) is 0.655. The predicted octanol–water partition coefficient (Wildman–Crippen LogP) is 3.50. The molecule has 124 valence electrons. The van der Waals surface area contributed by atoms with Gasteiger partial charge < -0.3 is 20.3 Å². The minimum atomic E-state index is -0.209. The third-order valence-electron chi connectivity index (χ3n) is 3.83. The van der Waals surface area contributed by atoms with E-state index in [1.807, 2.05) is 42.3 Å². The van der Waals surface area contributed by atoms with Gasteiger partial charge in [-0.15, -0.1) is 0 Å². The number of halogens is 1. The molecule has 24 heavy (non-hydrogen) atoms. The van der Waals surface area contributed by atoms with Crippen molar-refractivity contribution in [3.63, 3.8) is 0 Å². The van der Waals surface area contributed by atoms with Crippen molar-refractivity contribution in [3.8, 4) is 0 Å². The first-order valence-corrected chi connectivity index (χ1v) is 7.96. The number of carbonyl (C=O) groups excluding carboxylic acids is 1. The van der Waals surface area contributed by atoms with Crippen LogP contribution >= 0.6 is 11.6 Å². The van der Waals surface area contributed by atoms with E-state index in [1.54, 1.807) is 18.2 Å². The first-order valence-electron chi connectivity index (χ1n) is 7.58. The number of anilines is 2. The largest absolute Gasteiger partial charge is 0.395 e. The van der Waals surface area contributed by atoms with E-state index in [1.165, 1.54) is 0 Å². The van der Waals surface area contributed by atoms with Crippen molar-refractivity contribution in [2.45, 2.75) is 0 Å². The zero-order valence-electron chi connectivity index (χ0n) is 13.2. The van der Waals surface area contributed by atoms with Gasteiger partial charge in [-0.3, -0.25) is 4.79 Å². The second-order valence-corrected chi connectivity index (χ2v) is 6.00. The lowest BCUT2D eigenvalue weighted by atomic mass is 10.2. The normalized spacial score (nSPS) is 10.8. The number of benzene rings is 2. The smallest absolute Gasteiger partial charge is 0.272 e. The molecular weight excluding hydrogens is 326 g/mol. The number of likely N-dealkylation sites (N-methyl/N-ethyl adjacent to an activating group) is 1. The number of rotatable bonds is 5. The maximum atomic E-state index is 12.4. The molecule has 1 heterocycles. The molecule has 3 rings (SSSR count). The fourth-order valence-corrected chi connectivity index (χ4v) is 2.67. The standard InChI is InChI=1S/C18H18ClN3O2/c1-22(8-9-23)15-6-4-14(5-7-15)20-18(24)17-10-12-2-3-13(19)11-16(12)21-17/h2-7,10-11,21,23H,8-9H2,1H3,(H,20,24). The van der Waals surface area contributed by atoms with Crippen molar-refractivity contribution < 1.29 is 9.90 Å². The number of nitrogens with zero attached hydrogens (tertiary/aromatic N) is 1. The quantitative estimate of drug-likeness (QED) is 0.664. The molecule has 1 amide bonds. The summed E-state index contributed by atoms with van der Waals surface area (Å²) in [6, 6.07) is 14.7. The Morgan fingerprint density at radius 1 is 1.21 bits per heavy atom. The molecule has 0 aliphatic rings. The maximum absolute atomic E-state index is 12.4. The predicted molar refractivity (Wildman–Crippen MR) is 98.1 cm³/mol. The molecule has 0 fully saturated rings. The van der Waals surface area contributed by atoms with Gasteiger partial charge in [-0.2, -0.15) is 0 Å². The number of aromatic amines is 1. The maximum Gasteiger partial charge on any atom is 0.272 e. The van der Waals surface area contributed by atoms with Crippen molar-refractivity contribution in [1.29, 1.82) is 0 Å². The highest BCUT2D eigenvalue weighted by Gasteiger charge is 2.10. The fourth-order valence-electron chi connectivity index (χ4n) is 2.50. The van der Waals surface area contributed by atoms with Crippen LogP contribution in [0.25, 0.3) is 10.9 Å². The van der Waals surface area contributed by atoms with E-state index in [0.29, 0.717) is 22.9 Å². The van der Waals surface area contributed by atoms with E-state index in [2.05, 4.69) is 10.3 Å². The molecule has 0 saturated carbocycles. The number of aliphatic hydroxyl groups excluding tert-OH is 1. The van der Waals surface area contributed by atoms with Crippen molar-refractivity contribution in [3.05, 3.63) is 59.2 Å². The van der Waals surface area contributed by atoms with Crippen molar-refractivity contribution in [2.75, 3.05) is 30.4 Å². The van der Waals surface area contributed by atoms with E-state index >= 15 is 0 Å². The van der Waals surface area contributed by atoms with Crippen LogP contribution in [0.5, 0.6) is 0 Å². The molecule has 0 unspecified atom stereocenters. The Morgan fingerprint density at radius 2 is 1.96 bits per heavy atom. The van der Waals surface area contributed by atoms with Crippen LogP contribution in [0.15, 0.2) is 48.5 Å². The summed E-state index contributed by atoms with van der Waals surface area (Å²) >= 11 is 5.96. The van der Waals surface area contributed by atoms with E-state index < -0.39 is 0 Å². The average molecular weight is 344 g/mol. The van der Waals surface area contributed by atoms with Crippen molar-refractivity contribution >= 4 is 39.8 Å². The van der Waals surface area contributed by atoms with Crippen LogP contribution in [0.2, 0.25) is 5.02 Å². The molecule has 2 aromatic carbocycles. The summed E-state index contributed by atoms with van der Waals surface area (Å²) in [4.78, 5) is 17.4. The number of hydrogen-bond acceptors (Lipinski definition) is 3. The highest BCUT2D eigenvalue weighted by atomic mass is 35.5. The Kier molecular flexibility index (Phi) is 4.74. The van der Waals surface area contributed by atoms with E-state index in [-0.39, 0.29) is 12.5 Å². The lowest BCUT2D eigenvalue weighted by molar-refractivity contribution is 0.102. The molecule has 0 atom stereocenters. The van der Waals surface area contributed by atoms with Crippen molar-refractivity contribution in [2.24, 2.45) is 0 Å². The highest BCUT2D eigenvalue weighted by Crippen LogP contribution is 2.21. The Morgan fingerprint density at radius 3 is 2.67 bits per heavy atom. The number of aromatic nitrogens is 1. The van der Waals surface area contributed by atoms with Crippen LogP contribution in [-0.4, -0.2) is 36.2 Å². The number of H-pyrrole nitrogens is 1. The molecule has 5 nitrogen and oxygen atoms in total. The number of carbonyl (C=O) groups is 1. The zero-order chi connectivity index (χ0) is 17.1. The molecule has 0 aliphatic heterocycles. The van der Waals surface area contributed by atoms with Gasteiger partial charge in [0.05, 0.1) is 6.61 Å². The third-order valence-corrected chi connectivity index (χ3v) is 4.07. The Hall–Kier alpha value is -2.50. The Bertz CT molecular complexity index is 858. The van der Waals surface area contributed by atoms with Gasteiger partial charge in [0.2, 0.25) is 0 Å². The summed E-state index contributed by atoms with van der Waals surface area (Å²) in [5, 5.41) is 13.4.